The standard InChI is InChI=1S/C28H29N3O4/c1-16-8-9-21(17(2)10-16)31-24(33)15-34-19-7-5-6-18(11-19)25-20(14-29)27(30)35-23-13-28(3,4)12-22(32)26(23)25/h5-11,25H,12-13,15,30H2,1-4H3,(H,31,33). The summed E-state index contributed by atoms with van der Waals surface area (Å²) in [5, 5.41) is 12.7. The van der Waals surface area contributed by atoms with Gasteiger partial charge in [0.05, 0.1) is 5.92 Å². The maximum Gasteiger partial charge on any atom is 0.262 e. The van der Waals surface area contributed by atoms with Crippen molar-refractivity contribution in [2.45, 2.75) is 46.5 Å². The molecule has 0 fully saturated rings. The number of nitrogens with one attached hydrogen (secondary N) is 1. The topological polar surface area (TPSA) is 114 Å². The number of amides is 1. The summed E-state index contributed by atoms with van der Waals surface area (Å²) < 4.78 is 11.5. The van der Waals surface area contributed by atoms with Gasteiger partial charge in [-0.25, -0.2) is 0 Å². The number of hydrogen-bond acceptors (Lipinski definition) is 6. The molecule has 4 rings (SSSR count). The van der Waals surface area contributed by atoms with E-state index in [1.54, 1.807) is 18.2 Å². The first kappa shape index (κ1) is 24.1. The lowest BCUT2D eigenvalue weighted by atomic mass is 9.70. The van der Waals surface area contributed by atoms with Crippen molar-refractivity contribution in [3.63, 3.8) is 0 Å². The van der Waals surface area contributed by atoms with Gasteiger partial charge in [0.15, 0.2) is 12.4 Å². The minimum absolute atomic E-state index is 0.0147. The smallest absolute Gasteiger partial charge is 0.262 e. The summed E-state index contributed by atoms with van der Waals surface area (Å²) in [6.07, 6.45) is 0.915. The average molecular weight is 472 g/mol. The summed E-state index contributed by atoms with van der Waals surface area (Å²) in [7, 11) is 0. The first-order valence-electron chi connectivity index (χ1n) is 11.5. The number of ether oxygens (including phenoxy) is 2. The summed E-state index contributed by atoms with van der Waals surface area (Å²) >= 11 is 0. The number of Topliss-reactive ketones (excluding diaryl/α,β-unsaturated/α-hetero) is 1. The number of aryl methyl sites for hydroxylation is 2. The Hall–Kier alpha value is -4.05. The van der Waals surface area contributed by atoms with Gasteiger partial charge in [0, 0.05) is 24.1 Å². The Morgan fingerprint density at radius 1 is 1.23 bits per heavy atom. The third-order valence-corrected chi connectivity index (χ3v) is 6.29. The fraction of sp³-hybridized carbons (Fsp3) is 0.321. The molecule has 2 aromatic carbocycles. The van der Waals surface area contributed by atoms with Crippen LogP contribution in [0.15, 0.2) is 65.3 Å². The number of nitrogens with zero attached hydrogens (tertiary/aromatic N) is 1. The van der Waals surface area contributed by atoms with Crippen LogP contribution in [0.25, 0.3) is 0 Å². The quantitative estimate of drug-likeness (QED) is 0.649. The van der Waals surface area contributed by atoms with Gasteiger partial charge in [0.25, 0.3) is 5.91 Å². The molecule has 0 saturated carbocycles. The first-order valence-corrected chi connectivity index (χ1v) is 11.5. The van der Waals surface area contributed by atoms with E-state index in [0.29, 0.717) is 35.5 Å². The van der Waals surface area contributed by atoms with Crippen molar-refractivity contribution >= 4 is 17.4 Å². The van der Waals surface area contributed by atoms with Crippen LogP contribution >= 0.6 is 0 Å². The van der Waals surface area contributed by atoms with E-state index in [-0.39, 0.29) is 35.2 Å². The van der Waals surface area contributed by atoms with E-state index in [1.807, 2.05) is 52.0 Å². The van der Waals surface area contributed by atoms with Crippen molar-refractivity contribution in [2.24, 2.45) is 11.1 Å². The highest BCUT2D eigenvalue weighted by Crippen LogP contribution is 2.48. The molecule has 1 heterocycles. The van der Waals surface area contributed by atoms with Crippen LogP contribution in [-0.2, 0) is 14.3 Å². The van der Waals surface area contributed by atoms with E-state index in [9.17, 15) is 14.9 Å². The number of rotatable bonds is 5. The van der Waals surface area contributed by atoms with Crippen molar-refractivity contribution in [3.05, 3.63) is 81.9 Å². The Morgan fingerprint density at radius 3 is 2.71 bits per heavy atom. The highest BCUT2D eigenvalue weighted by atomic mass is 16.5. The van der Waals surface area contributed by atoms with Crippen molar-refractivity contribution in [1.82, 2.24) is 0 Å². The van der Waals surface area contributed by atoms with E-state index in [0.717, 1.165) is 16.8 Å². The summed E-state index contributed by atoms with van der Waals surface area (Å²) in [4.78, 5) is 25.6. The first-order chi connectivity index (χ1) is 16.6. The molecule has 1 aliphatic carbocycles. The zero-order valence-electron chi connectivity index (χ0n) is 20.4. The molecule has 0 radical (unpaired) electrons. The lowest BCUT2D eigenvalue weighted by Crippen LogP contribution is -2.33. The number of nitrogens with two attached hydrogens (primary N) is 1. The van der Waals surface area contributed by atoms with Gasteiger partial charge >= 0.3 is 0 Å². The highest BCUT2D eigenvalue weighted by molar-refractivity contribution is 6.00. The molecule has 2 aromatic rings. The summed E-state index contributed by atoms with van der Waals surface area (Å²) in [5.41, 5.74) is 10.0. The molecular formula is C28H29N3O4. The summed E-state index contributed by atoms with van der Waals surface area (Å²) in [5.74, 6) is 0.00441. The van der Waals surface area contributed by atoms with Crippen molar-refractivity contribution in [3.8, 4) is 11.8 Å². The number of ketones is 1. The lowest BCUT2D eigenvalue weighted by molar-refractivity contribution is -0.119. The minimum Gasteiger partial charge on any atom is -0.484 e. The second-order valence-corrected chi connectivity index (χ2v) is 9.93. The number of benzene rings is 2. The third-order valence-electron chi connectivity index (χ3n) is 6.29. The van der Waals surface area contributed by atoms with E-state index in [2.05, 4.69) is 11.4 Å². The van der Waals surface area contributed by atoms with Crippen molar-refractivity contribution in [2.75, 3.05) is 11.9 Å². The molecule has 7 nitrogen and oxygen atoms in total. The van der Waals surface area contributed by atoms with Gasteiger partial charge in [-0.3, -0.25) is 9.59 Å². The molecule has 1 aliphatic heterocycles. The van der Waals surface area contributed by atoms with Gasteiger partial charge in [-0.2, -0.15) is 5.26 Å². The molecule has 2 aliphatic rings. The molecule has 35 heavy (non-hydrogen) atoms. The van der Waals surface area contributed by atoms with Gasteiger partial charge in [-0.05, 0) is 48.6 Å². The van der Waals surface area contributed by atoms with E-state index in [4.69, 9.17) is 15.2 Å². The Balaban J connectivity index is 1.56. The minimum atomic E-state index is -0.639. The van der Waals surface area contributed by atoms with Gasteiger partial charge in [0.2, 0.25) is 5.88 Å². The molecule has 1 amide bonds. The SMILES string of the molecule is Cc1ccc(NC(=O)COc2cccc(C3C(C#N)=C(N)OC4=C3C(=O)CC(C)(C)C4)c2)c(C)c1. The van der Waals surface area contributed by atoms with Gasteiger partial charge in [0.1, 0.15) is 23.2 Å². The van der Waals surface area contributed by atoms with E-state index >= 15 is 0 Å². The zero-order valence-corrected chi connectivity index (χ0v) is 20.4. The molecule has 1 atom stereocenters. The Morgan fingerprint density at radius 2 is 2.00 bits per heavy atom. The highest BCUT2D eigenvalue weighted by Gasteiger charge is 2.43. The summed E-state index contributed by atoms with van der Waals surface area (Å²) in [6.45, 7) is 7.75. The van der Waals surface area contributed by atoms with Gasteiger partial charge in [-0.15, -0.1) is 0 Å². The number of carbonyl (C=O) groups excluding carboxylic acids is 2. The zero-order chi connectivity index (χ0) is 25.3. The molecule has 3 N–H and O–H groups in total. The molecule has 1 unspecified atom stereocenters. The predicted molar refractivity (Wildman–Crippen MR) is 132 cm³/mol. The second-order valence-electron chi connectivity index (χ2n) is 9.93. The van der Waals surface area contributed by atoms with Crippen molar-refractivity contribution < 1.29 is 19.1 Å². The number of allylic oxidation sites excluding steroid dienone is 3. The fourth-order valence-corrected chi connectivity index (χ4v) is 4.69. The van der Waals surface area contributed by atoms with E-state index in [1.165, 1.54) is 0 Å². The Bertz CT molecular complexity index is 1310. The van der Waals surface area contributed by atoms with E-state index < -0.39 is 5.92 Å². The summed E-state index contributed by atoms with van der Waals surface area (Å²) in [6, 6.07) is 15.0. The van der Waals surface area contributed by atoms with Crippen LogP contribution < -0.4 is 15.8 Å². The van der Waals surface area contributed by atoms with Crippen LogP contribution in [0.1, 0.15) is 49.3 Å². The van der Waals surface area contributed by atoms with Crippen LogP contribution in [-0.4, -0.2) is 18.3 Å². The maximum absolute atomic E-state index is 13.1. The fourth-order valence-electron chi connectivity index (χ4n) is 4.69. The molecule has 0 aromatic heterocycles. The number of carbonyl (C=O) groups is 2. The van der Waals surface area contributed by atoms with Crippen LogP contribution in [0.5, 0.6) is 5.75 Å². The predicted octanol–water partition coefficient (Wildman–Crippen LogP) is 4.77. The number of nitriles is 1. The average Bonchev–Trinajstić information content (AvgIpc) is 2.78. The molecule has 0 saturated heterocycles. The van der Waals surface area contributed by atoms with Gasteiger partial charge in [-0.1, -0.05) is 43.7 Å². The van der Waals surface area contributed by atoms with Gasteiger partial charge < -0.3 is 20.5 Å². The number of hydrogen-bond donors (Lipinski definition) is 2. The monoisotopic (exact) mass is 471 g/mol. The number of anilines is 1. The van der Waals surface area contributed by atoms with Crippen LogP contribution in [0.4, 0.5) is 5.69 Å². The molecule has 0 spiro atoms. The molecule has 180 valence electrons. The lowest BCUT2D eigenvalue weighted by Gasteiger charge is -2.37. The largest absolute Gasteiger partial charge is 0.484 e. The third kappa shape index (κ3) is 5.07. The normalized spacial score (nSPS) is 18.9. The molecule has 0 bridgehead atoms. The Kier molecular flexibility index (Phi) is 6.40. The van der Waals surface area contributed by atoms with Crippen LogP contribution in [0, 0.1) is 30.6 Å². The molecule has 7 heteroatoms. The Labute approximate surface area is 205 Å². The van der Waals surface area contributed by atoms with Crippen LogP contribution in [0.3, 0.4) is 0 Å². The maximum atomic E-state index is 13.1. The van der Waals surface area contributed by atoms with Crippen LogP contribution in [0.2, 0.25) is 0 Å². The molecular weight excluding hydrogens is 442 g/mol. The van der Waals surface area contributed by atoms with Crippen molar-refractivity contribution in [1.29, 1.82) is 5.26 Å². The second kappa shape index (κ2) is 9.30.